The molecular weight excluding hydrogens is 176 g/mol. The molecule has 2 heterocycles. The number of nitrogens with zero attached hydrogens (tertiary/aromatic N) is 1. The van der Waals surface area contributed by atoms with Crippen LogP contribution in [0.5, 0.6) is 0 Å². The van der Waals surface area contributed by atoms with Crippen LogP contribution in [-0.2, 0) is 6.54 Å². The highest BCUT2D eigenvalue weighted by atomic mass is 16.1. The molecule has 1 N–H and O–H groups in total. The molecule has 1 aliphatic heterocycles. The number of fused-ring (bicyclic) bond motifs is 1. The van der Waals surface area contributed by atoms with Gasteiger partial charge in [-0.05, 0) is 12.5 Å². The van der Waals surface area contributed by atoms with Crippen LogP contribution in [0, 0.1) is 0 Å². The zero-order valence-corrected chi connectivity index (χ0v) is 8.49. The first-order chi connectivity index (χ1) is 6.83. The van der Waals surface area contributed by atoms with Gasteiger partial charge in [-0.25, -0.2) is 0 Å². The van der Waals surface area contributed by atoms with E-state index < -0.39 is 0 Å². The fourth-order valence-electron chi connectivity index (χ4n) is 2.06. The SMILES string of the molecule is CC[C@@H]1CNCCn2c1cccc2=O. The Kier molecular flexibility index (Phi) is 2.68. The molecule has 0 aromatic carbocycles. The predicted molar refractivity (Wildman–Crippen MR) is 56.6 cm³/mol. The van der Waals surface area contributed by atoms with Crippen LogP contribution in [-0.4, -0.2) is 17.7 Å². The van der Waals surface area contributed by atoms with E-state index in [9.17, 15) is 4.79 Å². The van der Waals surface area contributed by atoms with Crippen molar-refractivity contribution in [3.8, 4) is 0 Å². The molecule has 2 rings (SSSR count). The lowest BCUT2D eigenvalue weighted by Gasteiger charge is -2.15. The number of hydrogen-bond donors (Lipinski definition) is 1. The first-order valence-corrected chi connectivity index (χ1v) is 5.23. The molecule has 0 amide bonds. The van der Waals surface area contributed by atoms with Crippen molar-refractivity contribution >= 4 is 0 Å². The molecule has 1 aliphatic rings. The molecule has 0 spiro atoms. The first-order valence-electron chi connectivity index (χ1n) is 5.23. The quantitative estimate of drug-likeness (QED) is 0.718. The molecule has 0 unspecified atom stereocenters. The van der Waals surface area contributed by atoms with E-state index in [0.717, 1.165) is 26.1 Å². The van der Waals surface area contributed by atoms with Crippen LogP contribution < -0.4 is 10.9 Å². The number of hydrogen-bond acceptors (Lipinski definition) is 2. The van der Waals surface area contributed by atoms with Gasteiger partial charge in [0.25, 0.3) is 5.56 Å². The Balaban J connectivity index is 2.49. The third-order valence-electron chi connectivity index (χ3n) is 2.90. The predicted octanol–water partition coefficient (Wildman–Crippen LogP) is 0.945. The van der Waals surface area contributed by atoms with Crippen LogP contribution in [0.25, 0.3) is 0 Å². The van der Waals surface area contributed by atoms with Crippen molar-refractivity contribution in [3.05, 3.63) is 34.2 Å². The van der Waals surface area contributed by atoms with E-state index in [2.05, 4.69) is 18.3 Å². The molecule has 0 fully saturated rings. The van der Waals surface area contributed by atoms with Crippen molar-refractivity contribution in [2.24, 2.45) is 0 Å². The normalized spacial score (nSPS) is 21.4. The second-order valence-electron chi connectivity index (χ2n) is 3.75. The number of pyridine rings is 1. The van der Waals surface area contributed by atoms with Crippen LogP contribution in [0.2, 0.25) is 0 Å². The zero-order valence-electron chi connectivity index (χ0n) is 8.49. The highest BCUT2D eigenvalue weighted by Crippen LogP contribution is 2.18. The van der Waals surface area contributed by atoms with Gasteiger partial charge in [-0.2, -0.15) is 0 Å². The van der Waals surface area contributed by atoms with Crippen molar-refractivity contribution in [2.75, 3.05) is 13.1 Å². The van der Waals surface area contributed by atoms with Crippen LogP contribution >= 0.6 is 0 Å². The van der Waals surface area contributed by atoms with Gasteiger partial charge in [0.15, 0.2) is 0 Å². The maximum absolute atomic E-state index is 11.6. The highest BCUT2D eigenvalue weighted by molar-refractivity contribution is 5.13. The fraction of sp³-hybridized carbons (Fsp3) is 0.545. The number of nitrogens with one attached hydrogen (secondary N) is 1. The molecule has 0 bridgehead atoms. The van der Waals surface area contributed by atoms with E-state index in [1.54, 1.807) is 6.07 Å². The Bertz CT molecular complexity index is 370. The van der Waals surface area contributed by atoms with Crippen LogP contribution in [0.1, 0.15) is 25.0 Å². The van der Waals surface area contributed by atoms with Crippen molar-refractivity contribution in [1.82, 2.24) is 9.88 Å². The summed E-state index contributed by atoms with van der Waals surface area (Å²) in [5, 5.41) is 3.36. The monoisotopic (exact) mass is 192 g/mol. The second-order valence-corrected chi connectivity index (χ2v) is 3.75. The lowest BCUT2D eigenvalue weighted by Crippen LogP contribution is -2.24. The van der Waals surface area contributed by atoms with Gasteiger partial charge in [0.05, 0.1) is 0 Å². The minimum absolute atomic E-state index is 0.129. The van der Waals surface area contributed by atoms with Crippen molar-refractivity contribution in [2.45, 2.75) is 25.8 Å². The maximum atomic E-state index is 11.6. The van der Waals surface area contributed by atoms with Crippen LogP contribution in [0.15, 0.2) is 23.0 Å². The molecule has 0 aliphatic carbocycles. The highest BCUT2D eigenvalue weighted by Gasteiger charge is 2.16. The Morgan fingerprint density at radius 1 is 1.57 bits per heavy atom. The standard InChI is InChI=1S/C11H16N2O/c1-2-9-8-12-6-7-13-10(9)4-3-5-11(13)14/h3-5,9,12H,2,6-8H2,1H3/t9-/m1/s1. The van der Waals surface area contributed by atoms with E-state index in [1.165, 1.54) is 5.69 Å². The van der Waals surface area contributed by atoms with E-state index in [0.29, 0.717) is 5.92 Å². The summed E-state index contributed by atoms with van der Waals surface area (Å²) < 4.78 is 1.90. The van der Waals surface area contributed by atoms with Gasteiger partial charge in [0.1, 0.15) is 0 Å². The van der Waals surface area contributed by atoms with E-state index >= 15 is 0 Å². The van der Waals surface area contributed by atoms with Gasteiger partial charge in [0.2, 0.25) is 0 Å². The maximum Gasteiger partial charge on any atom is 0.250 e. The molecule has 1 aromatic heterocycles. The zero-order chi connectivity index (χ0) is 9.97. The van der Waals surface area contributed by atoms with Crippen molar-refractivity contribution in [1.29, 1.82) is 0 Å². The van der Waals surface area contributed by atoms with Gasteiger partial charge in [-0.15, -0.1) is 0 Å². The molecule has 3 heteroatoms. The summed E-state index contributed by atoms with van der Waals surface area (Å²) in [5.74, 6) is 0.478. The van der Waals surface area contributed by atoms with Gasteiger partial charge in [-0.3, -0.25) is 4.79 Å². The minimum atomic E-state index is 0.129. The lowest BCUT2D eigenvalue weighted by atomic mass is 10.0. The number of rotatable bonds is 1. The molecule has 76 valence electrons. The number of aromatic nitrogens is 1. The van der Waals surface area contributed by atoms with Crippen LogP contribution in [0.3, 0.4) is 0 Å². The van der Waals surface area contributed by atoms with E-state index in [1.807, 2.05) is 10.6 Å². The van der Waals surface area contributed by atoms with Crippen molar-refractivity contribution < 1.29 is 0 Å². The molecular formula is C11H16N2O. The van der Waals surface area contributed by atoms with Gasteiger partial charge >= 0.3 is 0 Å². The lowest BCUT2D eigenvalue weighted by molar-refractivity contribution is 0.594. The largest absolute Gasteiger partial charge is 0.314 e. The second kappa shape index (κ2) is 3.96. The molecule has 0 radical (unpaired) electrons. The summed E-state index contributed by atoms with van der Waals surface area (Å²) in [7, 11) is 0. The Morgan fingerprint density at radius 2 is 2.43 bits per heavy atom. The average Bonchev–Trinajstić information content (AvgIpc) is 2.40. The van der Waals surface area contributed by atoms with Gasteiger partial charge < -0.3 is 9.88 Å². The molecule has 0 saturated heterocycles. The molecule has 14 heavy (non-hydrogen) atoms. The Hall–Kier alpha value is -1.09. The summed E-state index contributed by atoms with van der Waals surface area (Å²) in [6.45, 7) is 4.85. The molecule has 1 atom stereocenters. The van der Waals surface area contributed by atoms with Gasteiger partial charge in [0, 0.05) is 37.3 Å². The van der Waals surface area contributed by atoms with E-state index in [-0.39, 0.29) is 5.56 Å². The Labute approximate surface area is 83.8 Å². The Morgan fingerprint density at radius 3 is 3.21 bits per heavy atom. The van der Waals surface area contributed by atoms with E-state index in [4.69, 9.17) is 0 Å². The summed E-state index contributed by atoms with van der Waals surface area (Å²) in [6, 6.07) is 5.58. The summed E-state index contributed by atoms with van der Waals surface area (Å²) in [6.07, 6.45) is 1.08. The summed E-state index contributed by atoms with van der Waals surface area (Å²) in [5.41, 5.74) is 1.31. The summed E-state index contributed by atoms with van der Waals surface area (Å²) in [4.78, 5) is 11.6. The topological polar surface area (TPSA) is 34.0 Å². The third kappa shape index (κ3) is 1.60. The van der Waals surface area contributed by atoms with Crippen molar-refractivity contribution in [3.63, 3.8) is 0 Å². The molecule has 1 aromatic rings. The average molecular weight is 192 g/mol. The van der Waals surface area contributed by atoms with Crippen LogP contribution in [0.4, 0.5) is 0 Å². The third-order valence-corrected chi connectivity index (χ3v) is 2.90. The molecule has 3 nitrogen and oxygen atoms in total. The first kappa shape index (κ1) is 9.46. The smallest absolute Gasteiger partial charge is 0.250 e. The fourth-order valence-corrected chi connectivity index (χ4v) is 2.06. The minimum Gasteiger partial charge on any atom is -0.314 e. The molecule has 0 saturated carbocycles. The summed E-state index contributed by atoms with van der Waals surface area (Å²) >= 11 is 0. The van der Waals surface area contributed by atoms with Gasteiger partial charge in [-0.1, -0.05) is 13.0 Å².